The fraction of sp³-hybridized carbons (Fsp3) is 0.947. The molecule has 2 atom stereocenters. The lowest BCUT2D eigenvalue weighted by atomic mass is 10.1. The smallest absolute Gasteiger partial charge is 0.193 e. The van der Waals surface area contributed by atoms with E-state index < -0.39 is 0 Å². The number of rotatable bonds is 5. The highest BCUT2D eigenvalue weighted by molar-refractivity contribution is 5.80. The van der Waals surface area contributed by atoms with Gasteiger partial charge in [-0.05, 0) is 64.7 Å². The van der Waals surface area contributed by atoms with Gasteiger partial charge < -0.3 is 15.1 Å². The number of aliphatic imine (C=N–C) groups is 1. The molecule has 0 amide bonds. The molecule has 0 bridgehead atoms. The van der Waals surface area contributed by atoms with Crippen LogP contribution in [0, 0.1) is 5.92 Å². The third-order valence-corrected chi connectivity index (χ3v) is 6.02. The second-order valence-corrected chi connectivity index (χ2v) is 7.73. The zero-order valence-electron chi connectivity index (χ0n) is 15.8. The zero-order valence-corrected chi connectivity index (χ0v) is 15.8. The molecule has 24 heavy (non-hydrogen) atoms. The summed E-state index contributed by atoms with van der Waals surface area (Å²) in [5.41, 5.74) is 0. The summed E-state index contributed by atoms with van der Waals surface area (Å²) in [5, 5.41) is 3.54. The minimum Gasteiger partial charge on any atom is -0.357 e. The first kappa shape index (κ1) is 18.0. The quantitative estimate of drug-likeness (QED) is 0.614. The van der Waals surface area contributed by atoms with Gasteiger partial charge in [0.15, 0.2) is 5.96 Å². The van der Waals surface area contributed by atoms with Crippen LogP contribution in [0.5, 0.6) is 0 Å². The molecule has 0 aromatic heterocycles. The van der Waals surface area contributed by atoms with Crippen molar-refractivity contribution < 1.29 is 0 Å². The van der Waals surface area contributed by atoms with Crippen molar-refractivity contribution in [2.45, 2.75) is 52.0 Å². The Morgan fingerprint density at radius 3 is 2.54 bits per heavy atom. The molecule has 0 radical (unpaired) electrons. The van der Waals surface area contributed by atoms with E-state index in [1.54, 1.807) is 0 Å². The fourth-order valence-electron chi connectivity index (χ4n) is 4.51. The van der Waals surface area contributed by atoms with E-state index in [9.17, 15) is 0 Å². The summed E-state index contributed by atoms with van der Waals surface area (Å²) in [6.45, 7) is 15.0. The van der Waals surface area contributed by atoms with Gasteiger partial charge in [0.05, 0.1) is 0 Å². The monoisotopic (exact) mass is 335 g/mol. The molecule has 2 unspecified atom stereocenters. The highest BCUT2D eigenvalue weighted by Crippen LogP contribution is 2.21. The van der Waals surface area contributed by atoms with Crippen LogP contribution in [0.15, 0.2) is 4.99 Å². The highest BCUT2D eigenvalue weighted by Gasteiger charge is 2.30. The van der Waals surface area contributed by atoms with Crippen molar-refractivity contribution in [1.82, 2.24) is 20.0 Å². The summed E-state index contributed by atoms with van der Waals surface area (Å²) in [5.74, 6) is 1.91. The molecule has 3 fully saturated rings. The third kappa shape index (κ3) is 4.63. The van der Waals surface area contributed by atoms with Crippen LogP contribution in [0.3, 0.4) is 0 Å². The maximum absolute atomic E-state index is 5.01. The summed E-state index contributed by atoms with van der Waals surface area (Å²) >= 11 is 0. The molecular weight excluding hydrogens is 298 g/mol. The lowest BCUT2D eigenvalue weighted by molar-refractivity contribution is 0.168. The summed E-state index contributed by atoms with van der Waals surface area (Å²) < 4.78 is 0. The Morgan fingerprint density at radius 2 is 1.83 bits per heavy atom. The number of nitrogens with one attached hydrogen (secondary N) is 1. The number of likely N-dealkylation sites (tertiary alicyclic amines) is 3. The standard InChI is InChI=1S/C19H37N5/c1-3-20-19(21-14-17-8-12-22(4-2)15-17)24-13-9-18(16-24)23-10-6-5-7-11-23/h17-18H,3-16H2,1-2H3,(H,20,21). The second kappa shape index (κ2) is 9.04. The van der Waals surface area contributed by atoms with Crippen molar-refractivity contribution in [1.29, 1.82) is 0 Å². The minimum absolute atomic E-state index is 0.746. The van der Waals surface area contributed by atoms with Gasteiger partial charge in [0.2, 0.25) is 0 Å². The van der Waals surface area contributed by atoms with Crippen molar-refractivity contribution in [3.8, 4) is 0 Å². The summed E-state index contributed by atoms with van der Waals surface area (Å²) in [7, 11) is 0. The summed E-state index contributed by atoms with van der Waals surface area (Å²) in [4.78, 5) is 12.8. The van der Waals surface area contributed by atoms with E-state index in [0.717, 1.165) is 37.6 Å². The van der Waals surface area contributed by atoms with Crippen LogP contribution in [-0.4, -0.2) is 85.6 Å². The number of piperidine rings is 1. The SMILES string of the molecule is CCNC(=NCC1CCN(CC)C1)N1CCC(N2CCCCC2)C1. The maximum atomic E-state index is 5.01. The molecule has 1 N–H and O–H groups in total. The van der Waals surface area contributed by atoms with Crippen LogP contribution < -0.4 is 5.32 Å². The molecule has 3 heterocycles. The van der Waals surface area contributed by atoms with E-state index in [1.807, 2.05) is 0 Å². The average Bonchev–Trinajstić information content (AvgIpc) is 3.29. The van der Waals surface area contributed by atoms with Gasteiger partial charge in [-0.15, -0.1) is 0 Å². The minimum atomic E-state index is 0.746. The van der Waals surface area contributed by atoms with Crippen molar-refractivity contribution in [2.75, 3.05) is 58.9 Å². The Hall–Kier alpha value is -0.810. The number of hydrogen-bond donors (Lipinski definition) is 1. The molecule has 0 aromatic carbocycles. The van der Waals surface area contributed by atoms with Gasteiger partial charge in [-0.25, -0.2) is 0 Å². The Kier molecular flexibility index (Phi) is 6.78. The van der Waals surface area contributed by atoms with Crippen molar-refractivity contribution in [2.24, 2.45) is 10.9 Å². The van der Waals surface area contributed by atoms with E-state index in [2.05, 4.69) is 33.9 Å². The summed E-state index contributed by atoms with van der Waals surface area (Å²) in [6, 6.07) is 0.746. The molecule has 3 aliphatic rings. The van der Waals surface area contributed by atoms with E-state index >= 15 is 0 Å². The first-order valence-electron chi connectivity index (χ1n) is 10.3. The molecule has 138 valence electrons. The average molecular weight is 336 g/mol. The predicted molar refractivity (Wildman–Crippen MR) is 102 cm³/mol. The van der Waals surface area contributed by atoms with E-state index in [1.165, 1.54) is 71.4 Å². The molecule has 5 heteroatoms. The first-order valence-corrected chi connectivity index (χ1v) is 10.3. The molecule has 3 rings (SSSR count). The van der Waals surface area contributed by atoms with Crippen molar-refractivity contribution in [3.63, 3.8) is 0 Å². The molecular formula is C19H37N5. The summed E-state index contributed by atoms with van der Waals surface area (Å²) in [6.07, 6.45) is 6.82. The molecule has 3 aliphatic heterocycles. The predicted octanol–water partition coefficient (Wildman–Crippen LogP) is 1.85. The molecule has 0 saturated carbocycles. The molecule has 0 aliphatic carbocycles. The number of hydrogen-bond acceptors (Lipinski definition) is 3. The van der Waals surface area contributed by atoms with E-state index in [-0.39, 0.29) is 0 Å². The van der Waals surface area contributed by atoms with Crippen LogP contribution in [0.1, 0.15) is 46.0 Å². The number of nitrogens with zero attached hydrogens (tertiary/aromatic N) is 4. The van der Waals surface area contributed by atoms with Crippen molar-refractivity contribution >= 4 is 5.96 Å². The van der Waals surface area contributed by atoms with Gasteiger partial charge in [0.1, 0.15) is 0 Å². The van der Waals surface area contributed by atoms with Crippen molar-refractivity contribution in [3.05, 3.63) is 0 Å². The molecule has 0 spiro atoms. The van der Waals surface area contributed by atoms with Gasteiger partial charge in [-0.2, -0.15) is 0 Å². The van der Waals surface area contributed by atoms with Gasteiger partial charge in [-0.3, -0.25) is 9.89 Å². The lowest BCUT2D eigenvalue weighted by Crippen LogP contribution is -2.44. The van der Waals surface area contributed by atoms with Crippen LogP contribution in [0.25, 0.3) is 0 Å². The topological polar surface area (TPSA) is 34.1 Å². The van der Waals surface area contributed by atoms with Crippen LogP contribution in [-0.2, 0) is 0 Å². The van der Waals surface area contributed by atoms with Crippen LogP contribution in [0.2, 0.25) is 0 Å². The lowest BCUT2D eigenvalue weighted by Gasteiger charge is -2.32. The Balaban J connectivity index is 1.52. The van der Waals surface area contributed by atoms with Gasteiger partial charge in [0.25, 0.3) is 0 Å². The van der Waals surface area contributed by atoms with Crippen LogP contribution >= 0.6 is 0 Å². The fourth-order valence-corrected chi connectivity index (χ4v) is 4.51. The largest absolute Gasteiger partial charge is 0.357 e. The van der Waals surface area contributed by atoms with E-state index in [0.29, 0.717) is 0 Å². The Bertz CT molecular complexity index is 405. The zero-order chi connectivity index (χ0) is 16.8. The molecule has 3 saturated heterocycles. The third-order valence-electron chi connectivity index (χ3n) is 6.02. The van der Waals surface area contributed by atoms with E-state index in [4.69, 9.17) is 4.99 Å². The molecule has 5 nitrogen and oxygen atoms in total. The van der Waals surface area contributed by atoms with Gasteiger partial charge in [-0.1, -0.05) is 13.3 Å². The van der Waals surface area contributed by atoms with Gasteiger partial charge in [0, 0.05) is 38.8 Å². The highest BCUT2D eigenvalue weighted by atomic mass is 15.3. The maximum Gasteiger partial charge on any atom is 0.193 e. The second-order valence-electron chi connectivity index (χ2n) is 7.73. The first-order chi connectivity index (χ1) is 11.8. The Labute approximate surface area is 148 Å². The normalized spacial score (nSPS) is 30.2. The molecule has 0 aromatic rings. The van der Waals surface area contributed by atoms with Crippen LogP contribution in [0.4, 0.5) is 0 Å². The number of guanidine groups is 1. The Morgan fingerprint density at radius 1 is 1.00 bits per heavy atom. The van der Waals surface area contributed by atoms with Gasteiger partial charge >= 0.3 is 0 Å².